The minimum atomic E-state index is -3.47. The highest BCUT2D eigenvalue weighted by Gasteiger charge is 2.23. The van der Waals surface area contributed by atoms with Crippen molar-refractivity contribution in [2.45, 2.75) is 44.9 Å². The van der Waals surface area contributed by atoms with Crippen LogP contribution in [-0.2, 0) is 26.1 Å². The summed E-state index contributed by atoms with van der Waals surface area (Å²) in [5.41, 5.74) is 0.826. The van der Waals surface area contributed by atoms with Gasteiger partial charge >= 0.3 is 0 Å². The number of hydrogen-bond donors (Lipinski definition) is 2. The van der Waals surface area contributed by atoms with Crippen molar-refractivity contribution in [1.29, 1.82) is 0 Å². The molecule has 1 aromatic carbocycles. The number of carbonyl (C=O) groups is 1. The van der Waals surface area contributed by atoms with Crippen LogP contribution in [0.2, 0.25) is 0 Å². The van der Waals surface area contributed by atoms with Gasteiger partial charge in [-0.2, -0.15) is 11.8 Å². The van der Waals surface area contributed by atoms with Gasteiger partial charge in [-0.1, -0.05) is 6.07 Å². The maximum absolute atomic E-state index is 12.6. The molecule has 0 radical (unpaired) electrons. The third-order valence-electron chi connectivity index (χ3n) is 4.77. The largest absolute Gasteiger partial charge is 0.493 e. The van der Waals surface area contributed by atoms with Crippen molar-refractivity contribution < 1.29 is 27.4 Å². The Morgan fingerprint density at radius 3 is 2.80 bits per heavy atom. The smallest absolute Gasteiger partial charge is 0.238 e. The normalized spacial score (nSPS) is 17.5. The molecule has 170 valence electrons. The van der Waals surface area contributed by atoms with E-state index >= 15 is 0 Å². The highest BCUT2D eigenvalue weighted by Crippen LogP contribution is 2.29. The summed E-state index contributed by atoms with van der Waals surface area (Å²) in [6.45, 7) is 3.04. The van der Waals surface area contributed by atoms with Crippen LogP contribution < -0.4 is 19.5 Å². The van der Waals surface area contributed by atoms with Crippen molar-refractivity contribution >= 4 is 27.7 Å². The number of ether oxygens (including phenoxy) is 3. The second kappa shape index (κ2) is 12.4. The van der Waals surface area contributed by atoms with Crippen LogP contribution in [-0.4, -0.2) is 64.6 Å². The number of methoxy groups -OCH3 is 1. The summed E-state index contributed by atoms with van der Waals surface area (Å²) in [4.78, 5) is 12.6. The number of nitrogens with one attached hydrogen (secondary N) is 2. The van der Waals surface area contributed by atoms with Gasteiger partial charge in [0.15, 0.2) is 11.5 Å². The summed E-state index contributed by atoms with van der Waals surface area (Å²) >= 11 is 1.56. The first kappa shape index (κ1) is 24.8. The zero-order valence-corrected chi connectivity index (χ0v) is 19.4. The summed E-state index contributed by atoms with van der Waals surface area (Å²) in [5.74, 6) is 1.45. The SMILES string of the molecule is CCS(=O)(=O)NC(CCSC)C(=O)NCc1ccc(OCC2CCCO2)c(OC)c1. The standard InChI is InChI=1S/C20H32N2O6S2/c1-4-30(24,25)22-17(9-11-29-3)20(23)21-13-15-7-8-18(19(12-15)26-2)28-14-16-6-5-10-27-16/h7-8,12,16-17,22H,4-6,9-11,13-14H2,1-3H3,(H,21,23). The number of amides is 1. The van der Waals surface area contributed by atoms with Crippen LogP contribution in [0.5, 0.6) is 11.5 Å². The van der Waals surface area contributed by atoms with E-state index in [1.807, 2.05) is 12.3 Å². The summed E-state index contributed by atoms with van der Waals surface area (Å²) in [5, 5.41) is 2.81. The molecule has 1 fully saturated rings. The van der Waals surface area contributed by atoms with Gasteiger partial charge < -0.3 is 19.5 Å². The number of hydrogen-bond acceptors (Lipinski definition) is 7. The topological polar surface area (TPSA) is 103 Å². The van der Waals surface area contributed by atoms with Gasteiger partial charge in [-0.15, -0.1) is 0 Å². The second-order valence-electron chi connectivity index (χ2n) is 7.00. The van der Waals surface area contributed by atoms with E-state index in [0.717, 1.165) is 25.0 Å². The predicted molar refractivity (Wildman–Crippen MR) is 119 cm³/mol. The molecule has 8 nitrogen and oxygen atoms in total. The van der Waals surface area contributed by atoms with Gasteiger partial charge in [-0.3, -0.25) is 4.79 Å². The molecule has 1 aliphatic rings. The molecule has 0 saturated carbocycles. The van der Waals surface area contributed by atoms with Crippen molar-refractivity contribution in [3.63, 3.8) is 0 Å². The van der Waals surface area contributed by atoms with Gasteiger partial charge in [0.1, 0.15) is 12.6 Å². The molecule has 0 spiro atoms. The summed E-state index contributed by atoms with van der Waals surface area (Å²) in [7, 11) is -1.91. The molecule has 30 heavy (non-hydrogen) atoms. The Bertz CT molecular complexity index is 782. The molecule has 2 unspecified atom stereocenters. The Hall–Kier alpha value is -1.49. The van der Waals surface area contributed by atoms with Crippen LogP contribution in [0.15, 0.2) is 18.2 Å². The van der Waals surface area contributed by atoms with Gasteiger partial charge in [0.25, 0.3) is 0 Å². The first-order valence-electron chi connectivity index (χ1n) is 10.1. The molecular weight excluding hydrogens is 428 g/mol. The van der Waals surface area contributed by atoms with Gasteiger partial charge in [0.05, 0.1) is 19.0 Å². The fourth-order valence-corrected chi connectivity index (χ4v) is 4.29. The molecule has 2 atom stereocenters. The van der Waals surface area contributed by atoms with E-state index in [1.54, 1.807) is 37.9 Å². The minimum Gasteiger partial charge on any atom is -0.493 e. The molecule has 1 aliphatic heterocycles. The number of carbonyl (C=O) groups excluding carboxylic acids is 1. The van der Waals surface area contributed by atoms with E-state index in [4.69, 9.17) is 14.2 Å². The number of thioether (sulfide) groups is 1. The molecule has 1 aromatic rings. The number of benzene rings is 1. The monoisotopic (exact) mass is 460 g/mol. The second-order valence-corrected chi connectivity index (χ2v) is 10.0. The van der Waals surface area contributed by atoms with Crippen molar-refractivity contribution in [2.75, 3.05) is 38.1 Å². The molecular formula is C20H32N2O6S2. The molecule has 0 aliphatic carbocycles. The lowest BCUT2D eigenvalue weighted by atomic mass is 10.1. The Balaban J connectivity index is 1.95. The van der Waals surface area contributed by atoms with Crippen molar-refractivity contribution in [3.05, 3.63) is 23.8 Å². The molecule has 1 heterocycles. The molecule has 1 saturated heterocycles. The van der Waals surface area contributed by atoms with E-state index in [2.05, 4.69) is 10.0 Å². The fourth-order valence-electron chi connectivity index (χ4n) is 2.99. The van der Waals surface area contributed by atoms with E-state index in [1.165, 1.54) is 0 Å². The van der Waals surface area contributed by atoms with E-state index in [9.17, 15) is 13.2 Å². The van der Waals surface area contributed by atoms with Crippen LogP contribution in [0.25, 0.3) is 0 Å². The number of rotatable bonds is 13. The molecule has 2 rings (SSSR count). The van der Waals surface area contributed by atoms with E-state index < -0.39 is 16.1 Å². The summed E-state index contributed by atoms with van der Waals surface area (Å²) in [6.07, 6.45) is 4.49. The van der Waals surface area contributed by atoms with Crippen LogP contribution >= 0.6 is 11.8 Å². The van der Waals surface area contributed by atoms with Crippen molar-refractivity contribution in [3.8, 4) is 11.5 Å². The first-order valence-corrected chi connectivity index (χ1v) is 13.1. The highest BCUT2D eigenvalue weighted by atomic mass is 32.2. The third-order valence-corrected chi connectivity index (χ3v) is 6.82. The Morgan fingerprint density at radius 1 is 1.37 bits per heavy atom. The molecule has 1 amide bonds. The zero-order chi connectivity index (χ0) is 22.0. The average molecular weight is 461 g/mol. The van der Waals surface area contributed by atoms with E-state index in [0.29, 0.717) is 30.3 Å². The van der Waals surface area contributed by atoms with Crippen molar-refractivity contribution in [2.24, 2.45) is 0 Å². The lowest BCUT2D eigenvalue weighted by molar-refractivity contribution is -0.122. The van der Waals surface area contributed by atoms with Crippen LogP contribution in [0.3, 0.4) is 0 Å². The minimum absolute atomic E-state index is 0.0688. The third kappa shape index (κ3) is 7.98. The maximum Gasteiger partial charge on any atom is 0.238 e. The molecule has 0 bridgehead atoms. The Labute approximate surface area is 183 Å². The van der Waals surface area contributed by atoms with Crippen LogP contribution in [0, 0.1) is 0 Å². The van der Waals surface area contributed by atoms with E-state index in [-0.39, 0.29) is 24.3 Å². The van der Waals surface area contributed by atoms with Gasteiger partial charge in [0.2, 0.25) is 15.9 Å². The lowest BCUT2D eigenvalue weighted by Crippen LogP contribution is -2.47. The van der Waals surface area contributed by atoms with Gasteiger partial charge in [-0.05, 0) is 55.9 Å². The maximum atomic E-state index is 12.6. The molecule has 0 aromatic heterocycles. The summed E-state index contributed by atoms with van der Waals surface area (Å²) in [6, 6.07) is 4.66. The van der Waals surface area contributed by atoms with Crippen LogP contribution in [0.4, 0.5) is 0 Å². The van der Waals surface area contributed by atoms with Crippen molar-refractivity contribution in [1.82, 2.24) is 10.0 Å². The van der Waals surface area contributed by atoms with Crippen LogP contribution in [0.1, 0.15) is 31.7 Å². The number of sulfonamides is 1. The van der Waals surface area contributed by atoms with Gasteiger partial charge in [-0.25, -0.2) is 13.1 Å². The first-order chi connectivity index (χ1) is 14.4. The Kier molecular flexibility index (Phi) is 10.2. The highest BCUT2D eigenvalue weighted by molar-refractivity contribution is 7.98. The summed E-state index contributed by atoms with van der Waals surface area (Å²) < 4.78 is 43.1. The zero-order valence-electron chi connectivity index (χ0n) is 17.8. The molecule has 2 N–H and O–H groups in total. The Morgan fingerprint density at radius 2 is 2.17 bits per heavy atom. The predicted octanol–water partition coefficient (Wildman–Crippen LogP) is 1.93. The lowest BCUT2D eigenvalue weighted by Gasteiger charge is -2.18. The molecule has 10 heteroatoms. The average Bonchev–Trinajstić information content (AvgIpc) is 3.27. The van der Waals surface area contributed by atoms with Gasteiger partial charge in [0, 0.05) is 13.2 Å². The fraction of sp³-hybridized carbons (Fsp3) is 0.650. The quantitative estimate of drug-likeness (QED) is 0.464.